The predicted octanol–water partition coefficient (Wildman–Crippen LogP) is 2.33. The van der Waals surface area contributed by atoms with Gasteiger partial charge in [0.1, 0.15) is 11.9 Å². The number of piperazine rings is 1. The summed E-state index contributed by atoms with van der Waals surface area (Å²) in [6.07, 6.45) is -3.11. The Bertz CT molecular complexity index is 854. The van der Waals surface area contributed by atoms with Crippen molar-refractivity contribution in [3.05, 3.63) is 53.5 Å². The van der Waals surface area contributed by atoms with E-state index in [4.69, 9.17) is 5.26 Å². The molecule has 0 atom stereocenters. The Kier molecular flexibility index (Phi) is 4.75. The van der Waals surface area contributed by atoms with Crippen molar-refractivity contribution < 1.29 is 18.0 Å². The summed E-state index contributed by atoms with van der Waals surface area (Å²) in [5.41, 5.74) is -1.27. The van der Waals surface area contributed by atoms with Crippen LogP contribution in [0.5, 0.6) is 0 Å². The third kappa shape index (κ3) is 3.59. The summed E-state index contributed by atoms with van der Waals surface area (Å²) in [4.78, 5) is 23.7. The molecule has 1 aromatic carbocycles. The number of nitrogens with zero attached hydrogens (tertiary/aromatic N) is 5. The molecule has 26 heavy (non-hydrogen) atoms. The first-order valence-corrected chi connectivity index (χ1v) is 7.84. The summed E-state index contributed by atoms with van der Waals surface area (Å²) in [6.45, 7) is 1.33. The number of benzene rings is 1. The van der Waals surface area contributed by atoms with Crippen molar-refractivity contribution >= 4 is 11.7 Å². The van der Waals surface area contributed by atoms with Crippen LogP contribution < -0.4 is 4.90 Å². The Morgan fingerprint density at radius 1 is 1.12 bits per heavy atom. The van der Waals surface area contributed by atoms with E-state index in [2.05, 4.69) is 9.97 Å². The Morgan fingerprint density at radius 3 is 2.46 bits per heavy atom. The number of alkyl halides is 3. The molecule has 0 saturated carbocycles. The van der Waals surface area contributed by atoms with Gasteiger partial charge in [-0.15, -0.1) is 0 Å². The summed E-state index contributed by atoms with van der Waals surface area (Å²) >= 11 is 0. The van der Waals surface area contributed by atoms with Crippen LogP contribution in [0.1, 0.15) is 21.7 Å². The van der Waals surface area contributed by atoms with E-state index in [0.29, 0.717) is 18.9 Å². The van der Waals surface area contributed by atoms with Crippen molar-refractivity contribution in [2.45, 2.75) is 6.18 Å². The van der Waals surface area contributed by atoms with Crippen LogP contribution in [0.3, 0.4) is 0 Å². The van der Waals surface area contributed by atoms with Gasteiger partial charge in [-0.2, -0.15) is 18.4 Å². The molecular formula is C17H14F3N5O. The van der Waals surface area contributed by atoms with Gasteiger partial charge in [-0.05, 0) is 18.2 Å². The zero-order valence-electron chi connectivity index (χ0n) is 13.6. The van der Waals surface area contributed by atoms with Crippen LogP contribution in [0.25, 0.3) is 0 Å². The molecule has 2 aromatic rings. The van der Waals surface area contributed by atoms with Crippen molar-refractivity contribution in [3.8, 4) is 6.07 Å². The van der Waals surface area contributed by atoms with E-state index < -0.39 is 17.6 Å². The van der Waals surface area contributed by atoms with E-state index in [1.165, 1.54) is 29.3 Å². The smallest absolute Gasteiger partial charge is 0.353 e. The highest BCUT2D eigenvalue weighted by Gasteiger charge is 2.36. The van der Waals surface area contributed by atoms with Gasteiger partial charge in [-0.3, -0.25) is 4.79 Å². The lowest BCUT2D eigenvalue weighted by Gasteiger charge is -2.35. The molecule has 1 aromatic heterocycles. The molecular weight excluding hydrogens is 347 g/mol. The first kappa shape index (κ1) is 17.7. The number of hydrogen-bond acceptors (Lipinski definition) is 5. The van der Waals surface area contributed by atoms with Crippen LogP contribution in [0.4, 0.5) is 19.0 Å². The number of aromatic nitrogens is 2. The van der Waals surface area contributed by atoms with Crippen molar-refractivity contribution in [2.75, 3.05) is 31.1 Å². The summed E-state index contributed by atoms with van der Waals surface area (Å²) in [6, 6.07) is 8.29. The minimum absolute atomic E-state index is 0.0418. The van der Waals surface area contributed by atoms with Crippen molar-refractivity contribution in [1.82, 2.24) is 14.9 Å². The molecule has 0 radical (unpaired) electrons. The third-order valence-corrected chi connectivity index (χ3v) is 4.09. The van der Waals surface area contributed by atoms with E-state index >= 15 is 0 Å². The average Bonchev–Trinajstić information content (AvgIpc) is 2.67. The lowest BCUT2D eigenvalue weighted by atomic mass is 10.1. The molecule has 2 heterocycles. The number of carbonyl (C=O) groups excluding carboxylic acids is 1. The van der Waals surface area contributed by atoms with Crippen LogP contribution in [-0.4, -0.2) is 47.0 Å². The molecule has 0 spiro atoms. The van der Waals surface area contributed by atoms with Crippen LogP contribution in [0.2, 0.25) is 0 Å². The van der Waals surface area contributed by atoms with Gasteiger partial charge in [0, 0.05) is 32.4 Å². The third-order valence-electron chi connectivity index (χ3n) is 4.09. The van der Waals surface area contributed by atoms with Crippen LogP contribution in [0, 0.1) is 11.3 Å². The van der Waals surface area contributed by atoms with Gasteiger partial charge in [0.25, 0.3) is 5.91 Å². The monoisotopic (exact) mass is 361 g/mol. The number of hydrogen-bond donors (Lipinski definition) is 0. The molecule has 0 aliphatic carbocycles. The number of rotatable bonds is 2. The maximum absolute atomic E-state index is 13.1. The highest BCUT2D eigenvalue weighted by Crippen LogP contribution is 2.32. The molecule has 0 bridgehead atoms. The largest absolute Gasteiger partial charge is 0.417 e. The Morgan fingerprint density at radius 2 is 1.81 bits per heavy atom. The lowest BCUT2D eigenvalue weighted by molar-refractivity contribution is -0.138. The summed E-state index contributed by atoms with van der Waals surface area (Å²) in [7, 11) is 0. The SMILES string of the molecule is N#Cc1nccc(N2CCN(C(=O)c3ccccc3C(F)(F)F)CC2)n1. The number of halogens is 3. The van der Waals surface area contributed by atoms with E-state index in [9.17, 15) is 18.0 Å². The van der Waals surface area contributed by atoms with Crippen LogP contribution >= 0.6 is 0 Å². The van der Waals surface area contributed by atoms with Gasteiger partial charge in [0.15, 0.2) is 0 Å². The second-order valence-electron chi connectivity index (χ2n) is 5.67. The number of nitriles is 1. The summed E-state index contributed by atoms with van der Waals surface area (Å²) in [5.74, 6) is -0.0440. The van der Waals surface area contributed by atoms with Crippen molar-refractivity contribution in [1.29, 1.82) is 5.26 Å². The molecule has 1 aliphatic rings. The minimum atomic E-state index is -4.58. The molecule has 1 saturated heterocycles. The van der Waals surface area contributed by atoms with Crippen LogP contribution in [0.15, 0.2) is 36.5 Å². The number of carbonyl (C=O) groups is 1. The zero-order valence-corrected chi connectivity index (χ0v) is 13.6. The van der Waals surface area contributed by atoms with Gasteiger partial charge in [0.05, 0.1) is 11.1 Å². The van der Waals surface area contributed by atoms with Gasteiger partial charge in [0.2, 0.25) is 5.82 Å². The fraction of sp³-hybridized carbons (Fsp3) is 0.294. The van der Waals surface area contributed by atoms with Crippen LogP contribution in [-0.2, 0) is 6.18 Å². The van der Waals surface area contributed by atoms with Crippen molar-refractivity contribution in [2.24, 2.45) is 0 Å². The Hall–Kier alpha value is -3.15. The quantitative estimate of drug-likeness (QED) is 0.821. The van der Waals surface area contributed by atoms with Crippen molar-refractivity contribution in [3.63, 3.8) is 0 Å². The fourth-order valence-corrected chi connectivity index (χ4v) is 2.80. The zero-order chi connectivity index (χ0) is 18.7. The van der Waals surface area contributed by atoms with Gasteiger partial charge in [-0.25, -0.2) is 9.97 Å². The first-order valence-electron chi connectivity index (χ1n) is 7.84. The average molecular weight is 361 g/mol. The molecule has 9 heteroatoms. The van der Waals surface area contributed by atoms with Gasteiger partial charge < -0.3 is 9.80 Å². The Labute approximate surface area is 147 Å². The molecule has 6 nitrogen and oxygen atoms in total. The molecule has 3 rings (SSSR count). The molecule has 1 fully saturated rings. The Balaban J connectivity index is 1.73. The predicted molar refractivity (Wildman–Crippen MR) is 86.3 cm³/mol. The fourth-order valence-electron chi connectivity index (χ4n) is 2.80. The van der Waals surface area contributed by atoms with E-state index in [-0.39, 0.29) is 24.5 Å². The summed E-state index contributed by atoms with van der Waals surface area (Å²) < 4.78 is 39.3. The topological polar surface area (TPSA) is 73.1 Å². The summed E-state index contributed by atoms with van der Waals surface area (Å²) in [5, 5.41) is 8.85. The highest BCUT2D eigenvalue weighted by atomic mass is 19.4. The first-order chi connectivity index (χ1) is 12.4. The second kappa shape index (κ2) is 7.00. The van der Waals surface area contributed by atoms with Gasteiger partial charge >= 0.3 is 6.18 Å². The maximum atomic E-state index is 13.1. The second-order valence-corrected chi connectivity index (χ2v) is 5.67. The molecule has 0 N–H and O–H groups in total. The van der Waals surface area contributed by atoms with E-state index in [1.54, 1.807) is 6.07 Å². The standard InChI is InChI=1S/C17H14F3N5O/c18-17(19,20)13-4-2-1-3-12(13)16(26)25-9-7-24(8-10-25)15-5-6-22-14(11-21)23-15/h1-6H,7-10H2. The van der Waals surface area contributed by atoms with Gasteiger partial charge in [-0.1, -0.05) is 12.1 Å². The normalized spacial score (nSPS) is 14.8. The maximum Gasteiger partial charge on any atom is 0.417 e. The minimum Gasteiger partial charge on any atom is -0.353 e. The molecule has 1 amide bonds. The highest BCUT2D eigenvalue weighted by molar-refractivity contribution is 5.96. The number of anilines is 1. The molecule has 0 unspecified atom stereocenters. The molecule has 134 valence electrons. The molecule has 1 aliphatic heterocycles. The van der Waals surface area contributed by atoms with E-state index in [1.807, 2.05) is 11.0 Å². The van der Waals surface area contributed by atoms with E-state index in [0.717, 1.165) is 6.07 Å². The lowest BCUT2D eigenvalue weighted by Crippen LogP contribution is -2.49. The number of amides is 1.